The largest absolute Gasteiger partial charge is 0.388 e. The van der Waals surface area contributed by atoms with Gasteiger partial charge in [-0.3, -0.25) is 0 Å². The van der Waals surface area contributed by atoms with Crippen molar-refractivity contribution in [1.29, 1.82) is 0 Å². The third-order valence-electron chi connectivity index (χ3n) is 3.84. The van der Waals surface area contributed by atoms with E-state index in [4.69, 9.17) is 15.2 Å². The molecule has 7 heteroatoms. The average molecular weight is 327 g/mol. The maximum Gasteiger partial charge on any atom is 0.164 e. The first kappa shape index (κ1) is 17.3. The van der Waals surface area contributed by atoms with Crippen molar-refractivity contribution in [3.05, 3.63) is 24.7 Å². The number of aliphatic hydroxyl groups excluding tert-OH is 1. The van der Waals surface area contributed by atoms with E-state index < -0.39 is 25.3 Å². The van der Waals surface area contributed by atoms with Crippen LogP contribution in [0.15, 0.2) is 29.7 Å². The van der Waals surface area contributed by atoms with Crippen LogP contribution in [0, 0.1) is 0 Å². The van der Waals surface area contributed by atoms with Gasteiger partial charge in [0.1, 0.15) is 23.9 Å². The molecule has 1 fully saturated rings. The molecule has 2 rings (SSSR count). The molecule has 0 unspecified atom stereocenters. The number of aliphatic imine (C=N–C) groups is 1. The lowest BCUT2D eigenvalue weighted by Gasteiger charge is -2.31. The number of methoxy groups -OCH3 is 1. The minimum atomic E-state index is -1.16. The van der Waals surface area contributed by atoms with Crippen LogP contribution in [0.25, 0.3) is 0 Å². The Morgan fingerprint density at radius 2 is 2.23 bits per heavy atom. The quantitative estimate of drug-likeness (QED) is 0.732. The van der Waals surface area contributed by atoms with Gasteiger partial charge in [0.2, 0.25) is 0 Å². The molecule has 4 atom stereocenters. The van der Waals surface area contributed by atoms with Crippen LogP contribution in [0.3, 0.4) is 0 Å². The summed E-state index contributed by atoms with van der Waals surface area (Å²) in [6.07, 6.45) is 7.46. The third kappa shape index (κ3) is 3.82. The Morgan fingerprint density at radius 1 is 1.55 bits per heavy atom. The van der Waals surface area contributed by atoms with Gasteiger partial charge in [0, 0.05) is 13.3 Å². The van der Waals surface area contributed by atoms with Crippen molar-refractivity contribution < 1.29 is 14.6 Å². The van der Waals surface area contributed by atoms with Gasteiger partial charge in [-0.05, 0) is 32.0 Å². The molecule has 0 aromatic heterocycles. The number of hydrogen-bond acceptors (Lipinski definition) is 6. The van der Waals surface area contributed by atoms with Crippen LogP contribution in [0.4, 0.5) is 0 Å². The van der Waals surface area contributed by atoms with E-state index in [0.717, 1.165) is 12.6 Å². The van der Waals surface area contributed by atoms with Gasteiger partial charge < -0.3 is 25.2 Å². The minimum absolute atomic E-state index is 0.277. The molecule has 2 aliphatic rings. The van der Waals surface area contributed by atoms with Gasteiger partial charge in [0.15, 0.2) is 6.23 Å². The third-order valence-corrected chi connectivity index (χ3v) is 5.31. The van der Waals surface area contributed by atoms with Crippen molar-refractivity contribution in [2.75, 3.05) is 26.6 Å². The molecule has 2 aliphatic heterocycles. The van der Waals surface area contributed by atoms with E-state index in [1.807, 2.05) is 0 Å². The van der Waals surface area contributed by atoms with Gasteiger partial charge in [-0.15, -0.1) is 13.2 Å². The summed E-state index contributed by atoms with van der Waals surface area (Å²) in [5.74, 6) is 0.874. The van der Waals surface area contributed by atoms with Crippen LogP contribution >= 0.6 is 6.89 Å². The molecule has 22 heavy (non-hydrogen) atoms. The number of nitrogens with two attached hydrogens (primary N) is 1. The maximum atomic E-state index is 10.5. The Kier molecular flexibility index (Phi) is 5.17. The fraction of sp³-hybridized carbons (Fsp3) is 0.600. The van der Waals surface area contributed by atoms with E-state index in [1.54, 1.807) is 24.3 Å². The van der Waals surface area contributed by atoms with E-state index >= 15 is 0 Å². The number of aliphatic hydroxyl groups is 1. The van der Waals surface area contributed by atoms with Crippen LogP contribution in [0.5, 0.6) is 0 Å². The Morgan fingerprint density at radius 3 is 2.77 bits per heavy atom. The fourth-order valence-electron chi connectivity index (χ4n) is 2.63. The summed E-state index contributed by atoms with van der Waals surface area (Å²) in [6.45, 7) is 7.07. The van der Waals surface area contributed by atoms with Gasteiger partial charge in [-0.2, -0.15) is 0 Å². The van der Waals surface area contributed by atoms with Crippen LogP contribution in [0.2, 0.25) is 0 Å². The fourth-order valence-corrected chi connectivity index (χ4v) is 3.58. The topological polar surface area (TPSA) is 80.3 Å². The molecular weight excluding hydrogens is 301 g/mol. The predicted octanol–water partition coefficient (Wildman–Crippen LogP) is 0.844. The lowest BCUT2D eigenvalue weighted by Crippen LogP contribution is -2.43. The number of rotatable bonds is 5. The summed E-state index contributed by atoms with van der Waals surface area (Å²) in [4.78, 5) is 5.88. The summed E-state index contributed by atoms with van der Waals surface area (Å²) in [5.41, 5.74) is 5.65. The standard InChI is InChI=1S/C15H26N3O3P/c1-10-17-12(16)6-8-18(10)15-14(20-2)13(19)11(21-15)7-9-22(3,4)5/h6,8,11,13-15,19H,1,3,7,9H2,2,4-5H3,(H2,16,17)/t11-,13-,14-,15-/m1/s1. The van der Waals surface area contributed by atoms with E-state index in [-0.39, 0.29) is 6.10 Å². The molecule has 0 bridgehead atoms. The highest BCUT2D eigenvalue weighted by molar-refractivity contribution is 7.72. The molecule has 0 aliphatic carbocycles. The summed E-state index contributed by atoms with van der Waals surface area (Å²) < 4.78 is 11.5. The van der Waals surface area contributed by atoms with Gasteiger partial charge >= 0.3 is 0 Å². The Bertz CT molecular complexity index is 540. The van der Waals surface area contributed by atoms with E-state index in [1.165, 1.54) is 0 Å². The first-order chi connectivity index (χ1) is 10.2. The smallest absolute Gasteiger partial charge is 0.164 e. The zero-order chi connectivity index (χ0) is 16.5. The first-order valence-corrected chi connectivity index (χ1v) is 10.3. The van der Waals surface area contributed by atoms with Gasteiger partial charge in [0.05, 0.1) is 6.10 Å². The second-order valence-electron chi connectivity index (χ2n) is 6.38. The number of nitrogens with zero attached hydrogens (tertiary/aromatic N) is 2. The van der Waals surface area contributed by atoms with Crippen LogP contribution in [-0.2, 0) is 9.47 Å². The zero-order valence-corrected chi connectivity index (χ0v) is 14.4. The van der Waals surface area contributed by atoms with Crippen LogP contribution in [-0.4, -0.2) is 73.3 Å². The van der Waals surface area contributed by atoms with Crippen molar-refractivity contribution >= 4 is 19.0 Å². The molecule has 3 N–H and O–H groups in total. The summed E-state index contributed by atoms with van der Waals surface area (Å²) >= 11 is 0. The maximum absolute atomic E-state index is 10.5. The molecule has 0 spiro atoms. The number of hydrogen-bond donors (Lipinski definition) is 2. The van der Waals surface area contributed by atoms with Crippen LogP contribution in [0.1, 0.15) is 6.42 Å². The molecule has 1 saturated heterocycles. The lowest BCUT2D eigenvalue weighted by molar-refractivity contribution is -0.0697. The zero-order valence-electron chi connectivity index (χ0n) is 13.5. The molecule has 0 aromatic rings. The number of amidine groups is 1. The molecule has 6 nitrogen and oxygen atoms in total. The average Bonchev–Trinajstić information content (AvgIpc) is 2.72. The Hall–Kier alpha value is -1.07. The normalized spacial score (nSPS) is 32.5. The van der Waals surface area contributed by atoms with E-state index in [2.05, 4.69) is 31.2 Å². The number of ether oxygens (including phenoxy) is 2. The van der Waals surface area contributed by atoms with E-state index in [9.17, 15) is 5.11 Å². The Balaban J connectivity index is 2.10. The summed E-state index contributed by atoms with van der Waals surface area (Å²) in [6, 6.07) is 0. The highest BCUT2D eigenvalue weighted by Crippen LogP contribution is 2.39. The molecule has 0 saturated carbocycles. The van der Waals surface area contributed by atoms with Crippen molar-refractivity contribution in [2.45, 2.75) is 31.0 Å². The minimum Gasteiger partial charge on any atom is -0.388 e. The summed E-state index contributed by atoms with van der Waals surface area (Å²) in [5, 5.41) is 10.5. The summed E-state index contributed by atoms with van der Waals surface area (Å²) in [7, 11) is 1.57. The van der Waals surface area contributed by atoms with Crippen molar-refractivity contribution in [3.63, 3.8) is 0 Å². The van der Waals surface area contributed by atoms with Gasteiger partial charge in [-0.1, -0.05) is 6.58 Å². The molecule has 0 aromatic carbocycles. The monoisotopic (exact) mass is 327 g/mol. The SMILES string of the molecule is C=C1N=C(N)C=CN1[C@@H]1O[C@H](CCP(=C)(C)C)[C@@H](O)[C@H]1OC. The first-order valence-electron chi connectivity index (χ1n) is 7.26. The molecule has 0 amide bonds. The molecule has 2 heterocycles. The second kappa shape index (κ2) is 6.59. The van der Waals surface area contributed by atoms with E-state index in [0.29, 0.717) is 11.7 Å². The molecular formula is C15H26N3O3P. The highest BCUT2D eigenvalue weighted by atomic mass is 31.2. The van der Waals surface area contributed by atoms with Crippen LogP contribution < -0.4 is 5.73 Å². The Labute approximate surface area is 132 Å². The van der Waals surface area contributed by atoms with Crippen molar-refractivity contribution in [3.8, 4) is 0 Å². The van der Waals surface area contributed by atoms with Crippen molar-refractivity contribution in [1.82, 2.24) is 4.90 Å². The predicted molar refractivity (Wildman–Crippen MR) is 92.6 cm³/mol. The second-order valence-corrected chi connectivity index (χ2v) is 10.7. The van der Waals surface area contributed by atoms with Gasteiger partial charge in [-0.25, -0.2) is 4.99 Å². The van der Waals surface area contributed by atoms with Crippen molar-refractivity contribution in [2.24, 2.45) is 10.7 Å². The highest BCUT2D eigenvalue weighted by Gasteiger charge is 2.46. The molecule has 124 valence electrons. The lowest BCUT2D eigenvalue weighted by atomic mass is 10.1. The van der Waals surface area contributed by atoms with Gasteiger partial charge in [0.25, 0.3) is 0 Å². The molecule has 0 radical (unpaired) electrons.